The van der Waals surface area contributed by atoms with Gasteiger partial charge in [-0.3, -0.25) is 0 Å². The van der Waals surface area contributed by atoms with Crippen molar-refractivity contribution in [3.05, 3.63) is 23.8 Å². The van der Waals surface area contributed by atoms with Gasteiger partial charge in [-0.05, 0) is 25.0 Å². The van der Waals surface area contributed by atoms with Crippen LogP contribution in [0, 0.1) is 0 Å². The number of ether oxygens (including phenoxy) is 2. The molecule has 0 aromatic heterocycles. The van der Waals surface area contributed by atoms with Crippen LogP contribution in [0.5, 0.6) is 0 Å². The number of nitrogen functional groups attached to an aromatic ring is 1. The maximum Gasteiger partial charge on any atom is 0.340 e. The van der Waals surface area contributed by atoms with E-state index in [4.69, 9.17) is 15.2 Å². The standard InChI is InChI=1S/C16H24N2O3/c1-20-16(19)13-8-5-9-14(17)15(13)18-10-11-21-12-6-3-2-4-7-12/h5,8-9,12,18H,2-4,6-7,10-11,17H2,1H3. The van der Waals surface area contributed by atoms with E-state index >= 15 is 0 Å². The Morgan fingerprint density at radius 1 is 1.33 bits per heavy atom. The van der Waals surface area contributed by atoms with Crippen LogP contribution in [0.1, 0.15) is 42.5 Å². The smallest absolute Gasteiger partial charge is 0.340 e. The number of benzene rings is 1. The third-order valence-electron chi connectivity index (χ3n) is 3.81. The van der Waals surface area contributed by atoms with Gasteiger partial charge in [-0.25, -0.2) is 4.79 Å². The van der Waals surface area contributed by atoms with Gasteiger partial charge in [0, 0.05) is 6.54 Å². The molecule has 0 saturated heterocycles. The predicted molar refractivity (Wildman–Crippen MR) is 83.5 cm³/mol. The maximum absolute atomic E-state index is 11.7. The van der Waals surface area contributed by atoms with Crippen LogP contribution in [0.25, 0.3) is 0 Å². The second kappa shape index (κ2) is 7.88. The summed E-state index contributed by atoms with van der Waals surface area (Å²) >= 11 is 0. The second-order valence-corrected chi connectivity index (χ2v) is 5.32. The second-order valence-electron chi connectivity index (χ2n) is 5.32. The highest BCUT2D eigenvalue weighted by Crippen LogP contribution is 2.24. The number of anilines is 2. The topological polar surface area (TPSA) is 73.6 Å². The number of carbonyl (C=O) groups is 1. The zero-order valence-corrected chi connectivity index (χ0v) is 12.6. The lowest BCUT2D eigenvalue weighted by molar-refractivity contribution is 0.0347. The SMILES string of the molecule is COC(=O)c1cccc(N)c1NCCOC1CCCCC1. The molecule has 0 atom stereocenters. The van der Waals surface area contributed by atoms with Crippen LogP contribution in [-0.2, 0) is 9.47 Å². The van der Waals surface area contributed by atoms with E-state index in [0.29, 0.717) is 36.2 Å². The van der Waals surface area contributed by atoms with E-state index in [1.54, 1.807) is 18.2 Å². The van der Waals surface area contributed by atoms with Crippen LogP contribution in [0.15, 0.2) is 18.2 Å². The molecule has 5 nitrogen and oxygen atoms in total. The third-order valence-corrected chi connectivity index (χ3v) is 3.81. The van der Waals surface area contributed by atoms with E-state index in [-0.39, 0.29) is 0 Å². The molecule has 5 heteroatoms. The minimum atomic E-state index is -0.391. The lowest BCUT2D eigenvalue weighted by Crippen LogP contribution is -2.21. The van der Waals surface area contributed by atoms with E-state index in [1.165, 1.54) is 26.4 Å². The Hall–Kier alpha value is -1.75. The van der Waals surface area contributed by atoms with Gasteiger partial charge in [0.15, 0.2) is 0 Å². The van der Waals surface area contributed by atoms with Gasteiger partial charge in [0.05, 0.1) is 36.8 Å². The highest BCUT2D eigenvalue weighted by Gasteiger charge is 2.15. The number of para-hydroxylation sites is 1. The Morgan fingerprint density at radius 2 is 2.10 bits per heavy atom. The largest absolute Gasteiger partial charge is 0.465 e. The first-order valence-corrected chi connectivity index (χ1v) is 7.54. The summed E-state index contributed by atoms with van der Waals surface area (Å²) in [5.41, 5.74) is 7.54. The molecule has 3 N–H and O–H groups in total. The number of carbonyl (C=O) groups excluding carboxylic acids is 1. The average Bonchev–Trinajstić information content (AvgIpc) is 2.53. The highest BCUT2D eigenvalue weighted by molar-refractivity contribution is 5.98. The molecule has 0 aliphatic heterocycles. The lowest BCUT2D eigenvalue weighted by atomic mass is 9.98. The average molecular weight is 292 g/mol. The van der Waals surface area contributed by atoms with E-state index in [1.807, 2.05) is 0 Å². The molecule has 2 rings (SSSR count). The van der Waals surface area contributed by atoms with Crippen molar-refractivity contribution in [2.75, 3.05) is 31.3 Å². The monoisotopic (exact) mass is 292 g/mol. The summed E-state index contributed by atoms with van der Waals surface area (Å²) in [6.45, 7) is 1.23. The Bertz CT molecular complexity index is 471. The number of nitrogens with one attached hydrogen (secondary N) is 1. The van der Waals surface area contributed by atoms with Gasteiger partial charge >= 0.3 is 5.97 Å². The lowest BCUT2D eigenvalue weighted by Gasteiger charge is -2.22. The van der Waals surface area contributed by atoms with Crippen molar-refractivity contribution in [3.8, 4) is 0 Å². The van der Waals surface area contributed by atoms with E-state index in [0.717, 1.165) is 12.8 Å². The van der Waals surface area contributed by atoms with E-state index < -0.39 is 5.97 Å². The Morgan fingerprint density at radius 3 is 2.81 bits per heavy atom. The molecular formula is C16H24N2O3. The fourth-order valence-corrected chi connectivity index (χ4v) is 2.68. The van der Waals surface area contributed by atoms with Crippen LogP contribution in [-0.4, -0.2) is 32.3 Å². The molecule has 1 saturated carbocycles. The van der Waals surface area contributed by atoms with Crippen LogP contribution in [0.4, 0.5) is 11.4 Å². The molecule has 0 heterocycles. The van der Waals surface area contributed by atoms with Crippen molar-refractivity contribution in [2.45, 2.75) is 38.2 Å². The van der Waals surface area contributed by atoms with Crippen molar-refractivity contribution in [1.29, 1.82) is 0 Å². The van der Waals surface area contributed by atoms with Gasteiger partial charge < -0.3 is 20.5 Å². The molecule has 0 bridgehead atoms. The fraction of sp³-hybridized carbons (Fsp3) is 0.562. The zero-order chi connectivity index (χ0) is 15.1. The molecule has 0 radical (unpaired) electrons. The summed E-state index contributed by atoms with van der Waals surface area (Å²) in [6.07, 6.45) is 6.53. The number of rotatable bonds is 6. The van der Waals surface area contributed by atoms with E-state index in [9.17, 15) is 4.79 Å². The summed E-state index contributed by atoms with van der Waals surface area (Å²) in [5.74, 6) is -0.391. The maximum atomic E-state index is 11.7. The Labute approximate surface area is 125 Å². The van der Waals surface area contributed by atoms with Gasteiger partial charge in [0.25, 0.3) is 0 Å². The van der Waals surface area contributed by atoms with Crippen LogP contribution in [0.2, 0.25) is 0 Å². The number of methoxy groups -OCH3 is 1. The van der Waals surface area contributed by atoms with Gasteiger partial charge in [-0.15, -0.1) is 0 Å². The van der Waals surface area contributed by atoms with Crippen molar-refractivity contribution >= 4 is 17.3 Å². The van der Waals surface area contributed by atoms with Crippen LogP contribution < -0.4 is 11.1 Å². The van der Waals surface area contributed by atoms with E-state index in [2.05, 4.69) is 5.32 Å². The Kier molecular flexibility index (Phi) is 5.87. The first-order chi connectivity index (χ1) is 10.2. The first-order valence-electron chi connectivity index (χ1n) is 7.54. The number of esters is 1. The third kappa shape index (κ3) is 4.36. The number of nitrogens with two attached hydrogens (primary N) is 1. The normalized spacial score (nSPS) is 15.7. The molecule has 1 aromatic carbocycles. The van der Waals surface area contributed by atoms with Gasteiger partial charge in [0.1, 0.15) is 0 Å². The molecule has 0 amide bonds. The van der Waals surface area contributed by atoms with Crippen LogP contribution >= 0.6 is 0 Å². The minimum Gasteiger partial charge on any atom is -0.465 e. The Balaban J connectivity index is 1.86. The van der Waals surface area contributed by atoms with Crippen LogP contribution in [0.3, 0.4) is 0 Å². The molecule has 0 unspecified atom stereocenters. The highest BCUT2D eigenvalue weighted by atomic mass is 16.5. The minimum absolute atomic E-state index is 0.383. The summed E-state index contributed by atoms with van der Waals surface area (Å²) in [5, 5.41) is 3.19. The molecule has 1 aliphatic rings. The van der Waals surface area contributed by atoms with Crippen molar-refractivity contribution < 1.29 is 14.3 Å². The molecule has 1 fully saturated rings. The van der Waals surface area contributed by atoms with Crippen molar-refractivity contribution in [1.82, 2.24) is 0 Å². The number of hydrogen-bond acceptors (Lipinski definition) is 5. The molecule has 116 valence electrons. The van der Waals surface area contributed by atoms with Gasteiger partial charge in [-0.1, -0.05) is 25.3 Å². The molecule has 21 heavy (non-hydrogen) atoms. The fourth-order valence-electron chi connectivity index (χ4n) is 2.68. The van der Waals surface area contributed by atoms with Gasteiger partial charge in [0.2, 0.25) is 0 Å². The molecular weight excluding hydrogens is 268 g/mol. The first kappa shape index (κ1) is 15.6. The predicted octanol–water partition coefficient (Wildman–Crippen LogP) is 2.82. The van der Waals surface area contributed by atoms with Gasteiger partial charge in [-0.2, -0.15) is 0 Å². The summed E-state index contributed by atoms with van der Waals surface area (Å²) in [4.78, 5) is 11.7. The summed E-state index contributed by atoms with van der Waals surface area (Å²) < 4.78 is 10.6. The van der Waals surface area contributed by atoms with Crippen molar-refractivity contribution in [3.63, 3.8) is 0 Å². The zero-order valence-electron chi connectivity index (χ0n) is 12.6. The molecule has 1 aromatic rings. The number of hydrogen-bond donors (Lipinski definition) is 2. The quantitative estimate of drug-likeness (QED) is 0.479. The van der Waals surface area contributed by atoms with Crippen molar-refractivity contribution in [2.24, 2.45) is 0 Å². The summed E-state index contributed by atoms with van der Waals surface area (Å²) in [6, 6.07) is 5.20. The molecule has 0 spiro atoms. The molecule has 1 aliphatic carbocycles. The summed E-state index contributed by atoms with van der Waals surface area (Å²) in [7, 11) is 1.36.